The summed E-state index contributed by atoms with van der Waals surface area (Å²) < 4.78 is 5.37. The highest BCUT2D eigenvalue weighted by Crippen LogP contribution is 2.32. The van der Waals surface area contributed by atoms with E-state index in [2.05, 4.69) is 30.5 Å². The van der Waals surface area contributed by atoms with Gasteiger partial charge in [-0.1, -0.05) is 19.9 Å². The number of hydrogen-bond acceptors (Lipinski definition) is 4. The molecular weight excluding hydrogens is 388 g/mol. The van der Waals surface area contributed by atoms with Crippen LogP contribution in [0.4, 0.5) is 5.69 Å². The van der Waals surface area contributed by atoms with E-state index in [1.807, 2.05) is 26.0 Å². The zero-order valence-corrected chi connectivity index (χ0v) is 19.0. The van der Waals surface area contributed by atoms with Gasteiger partial charge in [-0.25, -0.2) is 0 Å². The van der Waals surface area contributed by atoms with Crippen molar-refractivity contribution >= 4 is 23.1 Å². The van der Waals surface area contributed by atoms with Crippen molar-refractivity contribution in [3.05, 3.63) is 65.2 Å². The molecule has 2 aromatic rings. The number of hydrogen-bond donors (Lipinski definition) is 2. The van der Waals surface area contributed by atoms with Gasteiger partial charge < -0.3 is 15.4 Å². The van der Waals surface area contributed by atoms with E-state index in [4.69, 9.17) is 4.74 Å². The first-order valence-electron chi connectivity index (χ1n) is 10.9. The Labute approximate surface area is 184 Å². The van der Waals surface area contributed by atoms with E-state index < -0.39 is 0 Å². The Morgan fingerprint density at radius 1 is 1.13 bits per heavy atom. The predicted molar refractivity (Wildman–Crippen MR) is 125 cm³/mol. The van der Waals surface area contributed by atoms with Crippen LogP contribution in [0.5, 0.6) is 5.75 Å². The molecule has 1 aliphatic rings. The minimum Gasteiger partial charge on any atom is -0.497 e. The fraction of sp³-hybridized carbons (Fsp3) is 0.385. The zero-order valence-electron chi connectivity index (χ0n) is 19.0. The lowest BCUT2D eigenvalue weighted by molar-refractivity contribution is -0.120. The molecule has 0 aliphatic carbocycles. The second-order valence-electron chi connectivity index (χ2n) is 8.71. The summed E-state index contributed by atoms with van der Waals surface area (Å²) in [6, 6.07) is 13.0. The van der Waals surface area contributed by atoms with Crippen LogP contribution in [-0.4, -0.2) is 24.3 Å². The van der Waals surface area contributed by atoms with Crippen molar-refractivity contribution in [2.75, 3.05) is 12.4 Å². The van der Waals surface area contributed by atoms with Crippen molar-refractivity contribution in [2.45, 2.75) is 52.5 Å². The molecule has 5 nitrogen and oxygen atoms in total. The maximum atomic E-state index is 13.0. The average Bonchev–Trinajstić information content (AvgIpc) is 2.74. The third-order valence-electron chi connectivity index (χ3n) is 5.78. The third-order valence-corrected chi connectivity index (χ3v) is 5.78. The summed E-state index contributed by atoms with van der Waals surface area (Å²) in [6.45, 7) is 8.26. The summed E-state index contributed by atoms with van der Waals surface area (Å²) in [5.74, 6) is 0.692. The van der Waals surface area contributed by atoms with Gasteiger partial charge in [0, 0.05) is 40.0 Å². The van der Waals surface area contributed by atoms with Crippen LogP contribution in [0.3, 0.4) is 0 Å². The SMILES string of the molecule is CCC(CC)C(=O)Nc1ccc(C(=O)/C=C2\NC(C)(C)Cc3ccc(OC)cc32)cc1. The fourth-order valence-electron chi connectivity index (χ4n) is 3.99. The highest BCUT2D eigenvalue weighted by molar-refractivity contribution is 6.09. The van der Waals surface area contributed by atoms with Crippen molar-refractivity contribution in [2.24, 2.45) is 5.92 Å². The Hall–Kier alpha value is -3.08. The molecule has 0 aromatic heterocycles. The largest absolute Gasteiger partial charge is 0.497 e. The van der Waals surface area contributed by atoms with Gasteiger partial charge in [-0.3, -0.25) is 9.59 Å². The number of anilines is 1. The van der Waals surface area contributed by atoms with E-state index in [0.717, 1.165) is 36.3 Å². The number of rotatable bonds is 7. The second kappa shape index (κ2) is 9.38. The molecule has 1 aliphatic heterocycles. The van der Waals surface area contributed by atoms with Gasteiger partial charge in [0.1, 0.15) is 5.75 Å². The van der Waals surface area contributed by atoms with Gasteiger partial charge in [-0.15, -0.1) is 0 Å². The smallest absolute Gasteiger partial charge is 0.227 e. The first kappa shape index (κ1) is 22.6. The molecule has 0 atom stereocenters. The second-order valence-corrected chi connectivity index (χ2v) is 8.71. The molecule has 2 aromatic carbocycles. The van der Waals surface area contributed by atoms with Crippen LogP contribution in [0, 0.1) is 5.92 Å². The van der Waals surface area contributed by atoms with Crippen molar-refractivity contribution in [1.29, 1.82) is 0 Å². The fourth-order valence-corrected chi connectivity index (χ4v) is 3.99. The van der Waals surface area contributed by atoms with Gasteiger partial charge in [0.2, 0.25) is 5.91 Å². The molecule has 0 spiro atoms. The predicted octanol–water partition coefficient (Wildman–Crippen LogP) is 5.22. The summed E-state index contributed by atoms with van der Waals surface area (Å²) in [4.78, 5) is 25.3. The van der Waals surface area contributed by atoms with Crippen molar-refractivity contribution < 1.29 is 14.3 Å². The summed E-state index contributed by atoms with van der Waals surface area (Å²) in [7, 11) is 1.64. The number of methoxy groups -OCH3 is 1. The van der Waals surface area contributed by atoms with E-state index in [9.17, 15) is 9.59 Å². The highest BCUT2D eigenvalue weighted by Gasteiger charge is 2.28. The maximum Gasteiger partial charge on any atom is 0.227 e. The molecule has 1 heterocycles. The number of fused-ring (bicyclic) bond motifs is 1. The third kappa shape index (κ3) is 5.35. The lowest BCUT2D eigenvalue weighted by Crippen LogP contribution is -2.43. The van der Waals surface area contributed by atoms with Crippen LogP contribution < -0.4 is 15.4 Å². The molecule has 0 radical (unpaired) electrons. The number of nitrogens with one attached hydrogen (secondary N) is 2. The number of ether oxygens (including phenoxy) is 1. The molecule has 5 heteroatoms. The lowest BCUT2D eigenvalue weighted by Gasteiger charge is -2.35. The van der Waals surface area contributed by atoms with E-state index in [1.165, 1.54) is 5.56 Å². The number of amides is 1. The number of benzene rings is 2. The van der Waals surface area contributed by atoms with Crippen LogP contribution in [0.2, 0.25) is 0 Å². The Morgan fingerprint density at radius 3 is 2.42 bits per heavy atom. The minimum atomic E-state index is -0.156. The van der Waals surface area contributed by atoms with Gasteiger partial charge in [0.15, 0.2) is 5.78 Å². The van der Waals surface area contributed by atoms with Gasteiger partial charge in [-0.05, 0) is 75.1 Å². The number of allylic oxidation sites excluding steroid dienone is 1. The molecular formula is C26H32N2O3. The van der Waals surface area contributed by atoms with E-state index in [0.29, 0.717) is 11.3 Å². The van der Waals surface area contributed by atoms with E-state index in [-0.39, 0.29) is 23.1 Å². The summed E-state index contributed by atoms with van der Waals surface area (Å²) >= 11 is 0. The van der Waals surface area contributed by atoms with Gasteiger partial charge in [0.05, 0.1) is 7.11 Å². The van der Waals surface area contributed by atoms with Crippen molar-refractivity contribution in [1.82, 2.24) is 5.32 Å². The number of carbonyl (C=O) groups is 2. The Balaban J connectivity index is 1.83. The molecule has 31 heavy (non-hydrogen) atoms. The van der Waals surface area contributed by atoms with E-state index >= 15 is 0 Å². The molecule has 2 N–H and O–H groups in total. The molecule has 1 amide bonds. The molecule has 0 saturated heterocycles. The van der Waals surface area contributed by atoms with Gasteiger partial charge in [-0.2, -0.15) is 0 Å². The number of ketones is 1. The monoisotopic (exact) mass is 420 g/mol. The number of carbonyl (C=O) groups excluding carboxylic acids is 2. The van der Waals surface area contributed by atoms with Crippen LogP contribution in [-0.2, 0) is 11.2 Å². The van der Waals surface area contributed by atoms with Crippen LogP contribution in [0.1, 0.15) is 62.0 Å². The normalized spacial score (nSPS) is 15.9. The molecule has 0 unspecified atom stereocenters. The first-order chi connectivity index (χ1) is 14.8. The van der Waals surface area contributed by atoms with Crippen molar-refractivity contribution in [3.63, 3.8) is 0 Å². The molecule has 0 fully saturated rings. The summed E-state index contributed by atoms with van der Waals surface area (Å²) in [5.41, 5.74) is 4.08. The Bertz CT molecular complexity index is 986. The first-order valence-corrected chi connectivity index (χ1v) is 10.9. The molecule has 0 bridgehead atoms. The van der Waals surface area contributed by atoms with Crippen molar-refractivity contribution in [3.8, 4) is 5.75 Å². The molecule has 3 rings (SSSR count). The van der Waals surface area contributed by atoms with Crippen LogP contribution >= 0.6 is 0 Å². The topological polar surface area (TPSA) is 67.4 Å². The average molecular weight is 421 g/mol. The Morgan fingerprint density at radius 2 is 1.81 bits per heavy atom. The lowest BCUT2D eigenvalue weighted by atomic mass is 9.85. The summed E-state index contributed by atoms with van der Waals surface area (Å²) in [5, 5.41) is 6.43. The van der Waals surface area contributed by atoms with Gasteiger partial charge in [0.25, 0.3) is 0 Å². The maximum absolute atomic E-state index is 13.0. The van der Waals surface area contributed by atoms with Gasteiger partial charge >= 0.3 is 0 Å². The van der Waals surface area contributed by atoms with Crippen LogP contribution in [0.25, 0.3) is 5.70 Å². The Kier molecular flexibility index (Phi) is 6.84. The highest BCUT2D eigenvalue weighted by atomic mass is 16.5. The molecule has 164 valence electrons. The minimum absolute atomic E-state index is 0.00355. The quantitative estimate of drug-likeness (QED) is 0.476. The standard InChI is InChI=1S/C26H32N2O3/c1-6-17(7-2)25(30)27-20-11-8-18(9-12-20)24(29)15-23-22-14-21(31-5)13-10-19(22)16-26(3,4)28-23/h8-15,17,28H,6-7,16H2,1-5H3,(H,27,30)/b23-15-. The summed E-state index contributed by atoms with van der Waals surface area (Å²) in [6.07, 6.45) is 4.13. The van der Waals surface area contributed by atoms with E-state index in [1.54, 1.807) is 37.5 Å². The van der Waals surface area contributed by atoms with Crippen LogP contribution in [0.15, 0.2) is 48.5 Å². The molecule has 0 saturated carbocycles. The zero-order chi connectivity index (χ0) is 22.6.